The Balaban J connectivity index is 3.54. The molecule has 0 fully saturated rings. The largest absolute Gasteiger partial charge is 0.384 e. The van der Waals surface area contributed by atoms with Gasteiger partial charge in [-0.3, -0.25) is 0 Å². The van der Waals surface area contributed by atoms with E-state index in [2.05, 4.69) is 20.8 Å². The first kappa shape index (κ1) is 12.9. The van der Waals surface area contributed by atoms with Crippen LogP contribution in [-0.2, 0) is 4.74 Å². The molecular weight excluding hydrogens is 162 g/mol. The molecule has 0 radical (unpaired) electrons. The molecule has 3 unspecified atom stereocenters. The third kappa shape index (κ3) is 7.03. The summed E-state index contributed by atoms with van der Waals surface area (Å²) in [6.45, 7) is 7.50. The van der Waals surface area contributed by atoms with Crippen LogP contribution >= 0.6 is 0 Å². The van der Waals surface area contributed by atoms with E-state index >= 15 is 0 Å². The summed E-state index contributed by atoms with van der Waals surface area (Å²) in [5.74, 6) is 1.34. The van der Waals surface area contributed by atoms with E-state index in [0.717, 1.165) is 25.4 Å². The number of hydrogen-bond donors (Lipinski definition) is 1. The fourth-order valence-corrected chi connectivity index (χ4v) is 1.65. The Morgan fingerprint density at radius 1 is 1.15 bits per heavy atom. The van der Waals surface area contributed by atoms with Crippen LogP contribution in [-0.4, -0.2) is 19.8 Å². The summed E-state index contributed by atoms with van der Waals surface area (Å²) < 4.78 is 5.08. The highest BCUT2D eigenvalue weighted by Crippen LogP contribution is 2.14. The number of ether oxygens (including phenoxy) is 1. The third-order valence-electron chi connectivity index (χ3n) is 2.56. The molecule has 0 aliphatic rings. The molecule has 0 amide bonds. The van der Waals surface area contributed by atoms with E-state index < -0.39 is 0 Å². The maximum Gasteiger partial charge on any atom is 0.0488 e. The van der Waals surface area contributed by atoms with E-state index in [9.17, 15) is 0 Å². The van der Waals surface area contributed by atoms with Gasteiger partial charge in [0, 0.05) is 19.8 Å². The molecule has 0 bridgehead atoms. The minimum atomic E-state index is 0.347. The predicted octanol–water partition coefficient (Wildman–Crippen LogP) is 2.42. The highest BCUT2D eigenvalue weighted by Gasteiger charge is 2.11. The average molecular weight is 187 g/mol. The van der Waals surface area contributed by atoms with Crippen LogP contribution in [0.4, 0.5) is 0 Å². The zero-order valence-corrected chi connectivity index (χ0v) is 9.55. The van der Waals surface area contributed by atoms with Crippen molar-refractivity contribution in [3.8, 4) is 0 Å². The maximum atomic E-state index is 6.03. The number of nitrogens with two attached hydrogens (primary N) is 1. The monoisotopic (exact) mass is 187 g/mol. The summed E-state index contributed by atoms with van der Waals surface area (Å²) in [6.07, 6.45) is 3.45. The second-order valence-electron chi connectivity index (χ2n) is 4.31. The van der Waals surface area contributed by atoms with Gasteiger partial charge in [-0.2, -0.15) is 0 Å². The maximum absolute atomic E-state index is 6.03. The molecule has 80 valence electrons. The minimum Gasteiger partial charge on any atom is -0.384 e. The molecule has 0 saturated heterocycles. The molecule has 2 heteroatoms. The third-order valence-corrected chi connectivity index (χ3v) is 2.56. The topological polar surface area (TPSA) is 35.2 Å². The van der Waals surface area contributed by atoms with Crippen molar-refractivity contribution in [1.29, 1.82) is 0 Å². The molecule has 0 spiro atoms. The van der Waals surface area contributed by atoms with Crippen molar-refractivity contribution in [3.05, 3.63) is 0 Å². The number of methoxy groups -OCH3 is 1. The van der Waals surface area contributed by atoms with Gasteiger partial charge in [0.25, 0.3) is 0 Å². The predicted molar refractivity (Wildman–Crippen MR) is 57.7 cm³/mol. The van der Waals surface area contributed by atoms with E-state index in [1.807, 2.05) is 0 Å². The highest BCUT2D eigenvalue weighted by molar-refractivity contribution is 4.68. The van der Waals surface area contributed by atoms with E-state index in [4.69, 9.17) is 10.5 Å². The Morgan fingerprint density at radius 2 is 1.69 bits per heavy atom. The Labute approximate surface area is 82.8 Å². The molecule has 0 aromatic heterocycles. The summed E-state index contributed by atoms with van der Waals surface area (Å²) in [7, 11) is 1.75. The lowest BCUT2D eigenvalue weighted by molar-refractivity contribution is 0.150. The van der Waals surface area contributed by atoms with Crippen molar-refractivity contribution in [2.24, 2.45) is 17.6 Å². The Morgan fingerprint density at radius 3 is 2.15 bits per heavy atom. The van der Waals surface area contributed by atoms with Gasteiger partial charge in [-0.05, 0) is 24.7 Å². The van der Waals surface area contributed by atoms with Gasteiger partial charge in [0.05, 0.1) is 0 Å². The van der Waals surface area contributed by atoms with Crippen molar-refractivity contribution in [1.82, 2.24) is 0 Å². The molecule has 3 atom stereocenters. The number of rotatable bonds is 7. The van der Waals surface area contributed by atoms with Crippen molar-refractivity contribution < 1.29 is 4.74 Å². The summed E-state index contributed by atoms with van der Waals surface area (Å²) in [6, 6.07) is 0.347. The standard InChI is InChI=1S/C11H25NO/c1-5-9(2)6-11(12)7-10(3)8-13-4/h9-11H,5-8,12H2,1-4H3. The molecule has 13 heavy (non-hydrogen) atoms. The van der Waals surface area contributed by atoms with Crippen molar-refractivity contribution in [2.75, 3.05) is 13.7 Å². The van der Waals surface area contributed by atoms with Crippen LogP contribution in [0.25, 0.3) is 0 Å². The first-order chi connectivity index (χ1) is 6.10. The van der Waals surface area contributed by atoms with Gasteiger partial charge in [-0.25, -0.2) is 0 Å². The Kier molecular flexibility index (Phi) is 7.29. The zero-order valence-electron chi connectivity index (χ0n) is 9.55. The molecule has 0 aliphatic carbocycles. The fraction of sp³-hybridized carbons (Fsp3) is 1.00. The van der Waals surface area contributed by atoms with Gasteiger partial charge in [-0.15, -0.1) is 0 Å². The first-order valence-corrected chi connectivity index (χ1v) is 5.34. The van der Waals surface area contributed by atoms with Crippen LogP contribution in [0.2, 0.25) is 0 Å². The molecule has 0 aromatic carbocycles. The molecule has 2 nitrogen and oxygen atoms in total. The van der Waals surface area contributed by atoms with Gasteiger partial charge in [0.2, 0.25) is 0 Å². The van der Waals surface area contributed by atoms with Gasteiger partial charge in [-0.1, -0.05) is 27.2 Å². The number of hydrogen-bond acceptors (Lipinski definition) is 2. The first-order valence-electron chi connectivity index (χ1n) is 5.34. The Bertz CT molecular complexity index is 117. The van der Waals surface area contributed by atoms with Crippen LogP contribution in [0.3, 0.4) is 0 Å². The molecule has 2 N–H and O–H groups in total. The minimum absolute atomic E-state index is 0.347. The zero-order chi connectivity index (χ0) is 10.3. The quantitative estimate of drug-likeness (QED) is 0.664. The SMILES string of the molecule is CCC(C)CC(N)CC(C)COC. The lowest BCUT2D eigenvalue weighted by Gasteiger charge is -2.19. The van der Waals surface area contributed by atoms with Crippen LogP contribution in [0, 0.1) is 11.8 Å². The summed E-state index contributed by atoms with van der Waals surface area (Å²) in [5.41, 5.74) is 6.03. The lowest BCUT2D eigenvalue weighted by Crippen LogP contribution is -2.26. The molecule has 0 heterocycles. The van der Waals surface area contributed by atoms with Gasteiger partial charge in [0.15, 0.2) is 0 Å². The molecule has 0 rings (SSSR count). The van der Waals surface area contributed by atoms with Gasteiger partial charge < -0.3 is 10.5 Å². The summed E-state index contributed by atoms with van der Waals surface area (Å²) >= 11 is 0. The van der Waals surface area contributed by atoms with Crippen molar-refractivity contribution in [3.63, 3.8) is 0 Å². The highest BCUT2D eigenvalue weighted by atomic mass is 16.5. The van der Waals surface area contributed by atoms with Crippen LogP contribution in [0.5, 0.6) is 0 Å². The molecule has 0 saturated carbocycles. The van der Waals surface area contributed by atoms with Gasteiger partial charge in [0.1, 0.15) is 0 Å². The van der Waals surface area contributed by atoms with Gasteiger partial charge >= 0.3 is 0 Å². The van der Waals surface area contributed by atoms with E-state index in [1.165, 1.54) is 6.42 Å². The second-order valence-corrected chi connectivity index (χ2v) is 4.31. The van der Waals surface area contributed by atoms with E-state index in [1.54, 1.807) is 7.11 Å². The van der Waals surface area contributed by atoms with Crippen LogP contribution in [0.1, 0.15) is 40.0 Å². The average Bonchev–Trinajstić information content (AvgIpc) is 2.04. The smallest absolute Gasteiger partial charge is 0.0488 e. The van der Waals surface area contributed by atoms with Crippen molar-refractivity contribution in [2.45, 2.75) is 46.1 Å². The Hall–Kier alpha value is -0.0800. The van der Waals surface area contributed by atoms with Crippen molar-refractivity contribution >= 4 is 0 Å². The fourth-order valence-electron chi connectivity index (χ4n) is 1.65. The molecule has 0 aliphatic heterocycles. The lowest BCUT2D eigenvalue weighted by atomic mass is 9.93. The van der Waals surface area contributed by atoms with E-state index in [0.29, 0.717) is 12.0 Å². The molecular formula is C11H25NO. The van der Waals surface area contributed by atoms with Crippen LogP contribution < -0.4 is 5.73 Å². The van der Waals surface area contributed by atoms with E-state index in [-0.39, 0.29) is 0 Å². The van der Waals surface area contributed by atoms with Crippen LogP contribution in [0.15, 0.2) is 0 Å². The summed E-state index contributed by atoms with van der Waals surface area (Å²) in [4.78, 5) is 0. The summed E-state index contributed by atoms with van der Waals surface area (Å²) in [5, 5.41) is 0. The molecule has 0 aromatic rings. The normalized spacial score (nSPS) is 18.2. The second kappa shape index (κ2) is 7.34.